The third-order valence-electron chi connectivity index (χ3n) is 6.58. The lowest BCUT2D eigenvalue weighted by molar-refractivity contribution is -0.148. The van der Waals surface area contributed by atoms with Gasteiger partial charge in [0.1, 0.15) is 13.2 Å². The van der Waals surface area contributed by atoms with Gasteiger partial charge in [-0.3, -0.25) is 0 Å². The maximum atomic E-state index is 12.8. The van der Waals surface area contributed by atoms with Crippen molar-refractivity contribution in [1.29, 1.82) is 0 Å². The number of anilines is 2. The number of nitrogens with two attached hydrogens (primary N) is 2. The van der Waals surface area contributed by atoms with Crippen molar-refractivity contribution >= 4 is 35.5 Å². The molecular weight excluding hydrogens is 512 g/mol. The fourth-order valence-corrected chi connectivity index (χ4v) is 4.45. The van der Waals surface area contributed by atoms with Crippen LogP contribution in [0.4, 0.5) is 11.4 Å². The number of carbonyl (C=O) groups is 2. The number of hydrogen-bond donors (Lipinski definition) is 2. The van der Waals surface area contributed by atoms with E-state index in [-0.39, 0.29) is 13.2 Å². The van der Waals surface area contributed by atoms with Gasteiger partial charge in [-0.25, -0.2) is 9.59 Å². The van der Waals surface area contributed by atoms with Crippen molar-refractivity contribution in [3.05, 3.63) is 144 Å². The zero-order chi connectivity index (χ0) is 28.9. The highest BCUT2D eigenvalue weighted by Gasteiger charge is 2.34. The molecule has 0 aliphatic heterocycles. The Hall–Kier alpha value is -5.10. The quantitative estimate of drug-likeness (QED) is 0.126. The zero-order valence-corrected chi connectivity index (χ0v) is 22.8. The van der Waals surface area contributed by atoms with E-state index < -0.39 is 17.4 Å². The van der Waals surface area contributed by atoms with Gasteiger partial charge in [0.15, 0.2) is 0 Å². The van der Waals surface area contributed by atoms with Crippen LogP contribution in [0.15, 0.2) is 121 Å². The fourth-order valence-electron chi connectivity index (χ4n) is 4.45. The second-order valence-electron chi connectivity index (χ2n) is 10.0. The molecule has 0 atom stereocenters. The van der Waals surface area contributed by atoms with Crippen LogP contribution >= 0.6 is 0 Å². The highest BCUT2D eigenvalue weighted by atomic mass is 16.5. The van der Waals surface area contributed by atoms with E-state index in [2.05, 4.69) is 0 Å². The minimum absolute atomic E-state index is 0.0232. The van der Waals surface area contributed by atoms with Gasteiger partial charge in [0.2, 0.25) is 0 Å². The van der Waals surface area contributed by atoms with Crippen LogP contribution < -0.4 is 11.5 Å². The molecule has 0 aliphatic rings. The second kappa shape index (κ2) is 14.3. The molecule has 0 unspecified atom stereocenters. The Balaban J connectivity index is 1.58. The van der Waals surface area contributed by atoms with Gasteiger partial charge in [-0.2, -0.15) is 0 Å². The van der Waals surface area contributed by atoms with Crippen LogP contribution in [0.5, 0.6) is 0 Å². The summed E-state index contributed by atoms with van der Waals surface area (Å²) in [5.74, 6) is -0.966. The van der Waals surface area contributed by atoms with E-state index >= 15 is 0 Å². The summed E-state index contributed by atoms with van der Waals surface area (Å²) >= 11 is 0. The summed E-state index contributed by atoms with van der Waals surface area (Å²) in [6.45, 7) is 0.0464. The van der Waals surface area contributed by atoms with Crippen molar-refractivity contribution in [1.82, 2.24) is 0 Å². The minimum Gasteiger partial charge on any atom is -0.462 e. The molecule has 0 saturated carbocycles. The number of hydrogen-bond acceptors (Lipinski definition) is 6. The molecule has 208 valence electrons. The van der Waals surface area contributed by atoms with Gasteiger partial charge < -0.3 is 20.9 Å². The second-order valence-corrected chi connectivity index (χ2v) is 10.0. The van der Waals surface area contributed by atoms with Crippen LogP contribution in [-0.2, 0) is 31.9 Å². The van der Waals surface area contributed by atoms with Gasteiger partial charge in [0.05, 0.1) is 0 Å². The molecule has 0 aromatic heterocycles. The van der Waals surface area contributed by atoms with Crippen molar-refractivity contribution < 1.29 is 19.1 Å². The third-order valence-corrected chi connectivity index (χ3v) is 6.58. The van der Waals surface area contributed by atoms with E-state index in [4.69, 9.17) is 20.9 Å². The Labute approximate surface area is 240 Å². The molecule has 4 rings (SSSR count). The summed E-state index contributed by atoms with van der Waals surface area (Å²) in [4.78, 5) is 25.6. The number of nitrogen functional groups attached to an aromatic ring is 2. The molecule has 0 aliphatic carbocycles. The molecule has 0 spiro atoms. The summed E-state index contributed by atoms with van der Waals surface area (Å²) in [5, 5.41) is 0. The van der Waals surface area contributed by atoms with Gasteiger partial charge >= 0.3 is 11.9 Å². The number of benzene rings is 4. The first-order valence-corrected chi connectivity index (χ1v) is 13.4. The summed E-state index contributed by atoms with van der Waals surface area (Å²) in [7, 11) is 0. The monoisotopic (exact) mass is 546 g/mol. The Morgan fingerprint density at radius 3 is 1.29 bits per heavy atom. The molecule has 41 heavy (non-hydrogen) atoms. The molecular formula is C35H34N2O4. The maximum Gasteiger partial charge on any atom is 0.330 e. The molecule has 4 aromatic rings. The predicted molar refractivity (Wildman–Crippen MR) is 164 cm³/mol. The Morgan fingerprint density at radius 2 is 0.927 bits per heavy atom. The normalized spacial score (nSPS) is 11.5. The lowest BCUT2D eigenvalue weighted by Crippen LogP contribution is -2.38. The van der Waals surface area contributed by atoms with Crippen molar-refractivity contribution in [3.63, 3.8) is 0 Å². The summed E-state index contributed by atoms with van der Waals surface area (Å²) in [6.07, 6.45) is 7.17. The molecule has 4 aromatic carbocycles. The average molecular weight is 547 g/mol. The summed E-state index contributed by atoms with van der Waals surface area (Å²) < 4.78 is 11.6. The van der Waals surface area contributed by atoms with Gasteiger partial charge in [-0.15, -0.1) is 0 Å². The maximum absolute atomic E-state index is 12.8. The SMILES string of the molecule is Nc1ccc(CC(COC(=O)/C=C/c2ccccc2)(COC(=O)/C=C/c2ccccc2)Cc2ccc(N)cc2)cc1. The zero-order valence-electron chi connectivity index (χ0n) is 22.8. The van der Waals surface area contributed by atoms with Crippen molar-refractivity contribution in [2.45, 2.75) is 12.8 Å². The highest BCUT2D eigenvalue weighted by molar-refractivity contribution is 5.87. The molecule has 0 saturated heterocycles. The van der Waals surface area contributed by atoms with Crippen LogP contribution in [0.2, 0.25) is 0 Å². The molecule has 6 heteroatoms. The van der Waals surface area contributed by atoms with Gasteiger partial charge in [-0.05, 0) is 71.5 Å². The number of rotatable bonds is 12. The van der Waals surface area contributed by atoms with Crippen LogP contribution in [-0.4, -0.2) is 25.2 Å². The first kappa shape index (κ1) is 28.9. The summed E-state index contributed by atoms with van der Waals surface area (Å²) in [6, 6.07) is 34.1. The van der Waals surface area contributed by atoms with E-state index in [0.717, 1.165) is 22.3 Å². The number of esters is 2. The molecule has 4 N–H and O–H groups in total. The standard InChI is InChI=1S/C35H34N2O4/c36-31-17-11-29(12-18-31)23-35(24-30-13-19-32(37)20-14-30,25-40-33(38)21-15-27-7-3-1-4-8-27)26-41-34(39)22-16-28-9-5-2-6-10-28/h1-22H,23-26,36-37H2/b21-15+,22-16+. The van der Waals surface area contributed by atoms with Crippen molar-refractivity contribution in [2.75, 3.05) is 24.7 Å². The molecule has 0 radical (unpaired) electrons. The third kappa shape index (κ3) is 9.55. The van der Waals surface area contributed by atoms with Crippen LogP contribution in [0, 0.1) is 5.41 Å². The molecule has 0 heterocycles. The average Bonchev–Trinajstić information content (AvgIpc) is 3.00. The molecule has 6 nitrogen and oxygen atoms in total. The number of carbonyl (C=O) groups excluding carboxylic acids is 2. The van der Waals surface area contributed by atoms with Crippen LogP contribution in [0.3, 0.4) is 0 Å². The Kier molecular flexibility index (Phi) is 10.1. The Morgan fingerprint density at radius 1 is 0.561 bits per heavy atom. The van der Waals surface area contributed by atoms with Crippen molar-refractivity contribution in [3.8, 4) is 0 Å². The van der Waals surface area contributed by atoms with Gasteiger partial charge in [0.25, 0.3) is 0 Å². The molecule has 0 bridgehead atoms. The van der Waals surface area contributed by atoms with E-state index in [1.807, 2.05) is 109 Å². The van der Waals surface area contributed by atoms with Crippen LogP contribution in [0.25, 0.3) is 12.2 Å². The topological polar surface area (TPSA) is 105 Å². The minimum atomic E-state index is -0.765. The molecule has 0 amide bonds. The van der Waals surface area contributed by atoms with E-state index in [1.165, 1.54) is 12.2 Å². The lowest BCUT2D eigenvalue weighted by atomic mass is 9.77. The van der Waals surface area contributed by atoms with Gasteiger partial charge in [0, 0.05) is 28.9 Å². The first-order valence-electron chi connectivity index (χ1n) is 13.4. The van der Waals surface area contributed by atoms with Gasteiger partial charge in [-0.1, -0.05) is 84.9 Å². The Bertz CT molecular complexity index is 1350. The van der Waals surface area contributed by atoms with E-state index in [0.29, 0.717) is 24.2 Å². The first-order chi connectivity index (χ1) is 19.9. The number of ether oxygens (including phenoxy) is 2. The summed E-state index contributed by atoms with van der Waals surface area (Å²) in [5.41, 5.74) is 16.1. The van der Waals surface area contributed by atoms with E-state index in [1.54, 1.807) is 12.2 Å². The fraction of sp³-hybridized carbons (Fsp3) is 0.143. The van der Waals surface area contributed by atoms with Crippen LogP contribution in [0.1, 0.15) is 22.3 Å². The smallest absolute Gasteiger partial charge is 0.330 e. The predicted octanol–water partition coefficient (Wildman–Crippen LogP) is 6.14. The van der Waals surface area contributed by atoms with Crippen molar-refractivity contribution in [2.24, 2.45) is 5.41 Å². The highest BCUT2D eigenvalue weighted by Crippen LogP contribution is 2.31. The largest absolute Gasteiger partial charge is 0.462 e. The van der Waals surface area contributed by atoms with E-state index in [9.17, 15) is 9.59 Å². The lowest BCUT2D eigenvalue weighted by Gasteiger charge is -2.33. The molecule has 0 fully saturated rings.